The van der Waals surface area contributed by atoms with Gasteiger partial charge < -0.3 is 20.4 Å². The van der Waals surface area contributed by atoms with Gasteiger partial charge in [-0.05, 0) is 31.0 Å². The van der Waals surface area contributed by atoms with Crippen LogP contribution >= 0.6 is 0 Å². The summed E-state index contributed by atoms with van der Waals surface area (Å²) in [5.41, 5.74) is 2.47. The number of para-hydroxylation sites is 1. The third-order valence-corrected chi connectivity index (χ3v) is 3.62. The molecule has 4 nitrogen and oxygen atoms in total. The summed E-state index contributed by atoms with van der Waals surface area (Å²) >= 11 is 0. The summed E-state index contributed by atoms with van der Waals surface area (Å²) in [6, 6.07) is 8.74. The summed E-state index contributed by atoms with van der Waals surface area (Å²) in [6.45, 7) is 4.42. The molecular formula is C15H24N2O2. The molecule has 0 aromatic heterocycles. The van der Waals surface area contributed by atoms with E-state index >= 15 is 0 Å². The number of aliphatic hydroxyl groups excluding tert-OH is 2. The number of rotatable bonds is 6. The van der Waals surface area contributed by atoms with E-state index in [0.717, 1.165) is 25.9 Å². The highest BCUT2D eigenvalue weighted by Gasteiger charge is 2.25. The van der Waals surface area contributed by atoms with E-state index in [9.17, 15) is 5.11 Å². The molecule has 0 spiro atoms. The second-order valence-corrected chi connectivity index (χ2v) is 5.14. The SMILES string of the molecule is CCCNC1CCN(CC(O)CO)c2ccccc21. The third-order valence-electron chi connectivity index (χ3n) is 3.62. The van der Waals surface area contributed by atoms with Gasteiger partial charge in [0.05, 0.1) is 12.7 Å². The first-order valence-electron chi connectivity index (χ1n) is 7.12. The van der Waals surface area contributed by atoms with Gasteiger partial charge in [0, 0.05) is 24.8 Å². The number of hydrogen-bond donors (Lipinski definition) is 3. The second kappa shape index (κ2) is 6.89. The van der Waals surface area contributed by atoms with Crippen molar-refractivity contribution in [1.29, 1.82) is 0 Å². The van der Waals surface area contributed by atoms with E-state index in [-0.39, 0.29) is 6.61 Å². The molecule has 1 aliphatic heterocycles. The zero-order chi connectivity index (χ0) is 13.7. The van der Waals surface area contributed by atoms with Crippen LogP contribution in [-0.2, 0) is 0 Å². The van der Waals surface area contributed by atoms with Crippen LogP contribution in [0.5, 0.6) is 0 Å². The van der Waals surface area contributed by atoms with Crippen LogP contribution < -0.4 is 10.2 Å². The van der Waals surface area contributed by atoms with Crippen LogP contribution in [0, 0.1) is 0 Å². The maximum absolute atomic E-state index is 9.64. The first-order chi connectivity index (χ1) is 9.26. The van der Waals surface area contributed by atoms with Crippen molar-refractivity contribution in [3.8, 4) is 0 Å². The van der Waals surface area contributed by atoms with Crippen molar-refractivity contribution in [2.45, 2.75) is 31.9 Å². The Hall–Kier alpha value is -1.10. The van der Waals surface area contributed by atoms with Gasteiger partial charge in [0.15, 0.2) is 0 Å². The van der Waals surface area contributed by atoms with Crippen molar-refractivity contribution < 1.29 is 10.2 Å². The van der Waals surface area contributed by atoms with Crippen molar-refractivity contribution >= 4 is 5.69 Å². The number of β-amino-alcohol motifs (C(OH)–C–C–N with tert-alkyl or cyclic N) is 1. The Kier molecular flexibility index (Phi) is 5.19. The number of aliphatic hydroxyl groups is 2. The first kappa shape index (κ1) is 14.3. The quantitative estimate of drug-likeness (QED) is 0.725. The summed E-state index contributed by atoms with van der Waals surface area (Å²) in [5.74, 6) is 0. The summed E-state index contributed by atoms with van der Waals surface area (Å²) in [6.07, 6.45) is 1.49. The van der Waals surface area contributed by atoms with Crippen molar-refractivity contribution in [3.63, 3.8) is 0 Å². The van der Waals surface area contributed by atoms with E-state index in [1.165, 1.54) is 11.3 Å². The van der Waals surface area contributed by atoms with Crippen LogP contribution in [0.2, 0.25) is 0 Å². The molecule has 106 valence electrons. The zero-order valence-corrected chi connectivity index (χ0v) is 11.5. The van der Waals surface area contributed by atoms with Gasteiger partial charge in [-0.3, -0.25) is 0 Å². The summed E-state index contributed by atoms with van der Waals surface area (Å²) in [4.78, 5) is 2.17. The topological polar surface area (TPSA) is 55.7 Å². The van der Waals surface area contributed by atoms with Crippen molar-refractivity contribution in [1.82, 2.24) is 5.32 Å². The molecule has 0 aliphatic carbocycles. The van der Waals surface area contributed by atoms with Gasteiger partial charge in [-0.25, -0.2) is 0 Å². The van der Waals surface area contributed by atoms with Gasteiger partial charge in [0.2, 0.25) is 0 Å². The average Bonchev–Trinajstić information content (AvgIpc) is 2.46. The standard InChI is InChI=1S/C15H24N2O2/c1-2-8-16-14-7-9-17(10-12(19)11-18)15-6-4-3-5-13(14)15/h3-6,12,14,16,18-19H,2,7-11H2,1H3. The van der Waals surface area contributed by atoms with Gasteiger partial charge in [-0.1, -0.05) is 25.1 Å². The summed E-state index contributed by atoms with van der Waals surface area (Å²) in [5, 5.41) is 22.2. The van der Waals surface area contributed by atoms with Gasteiger partial charge >= 0.3 is 0 Å². The molecule has 0 bridgehead atoms. The average molecular weight is 264 g/mol. The van der Waals surface area contributed by atoms with E-state index in [2.05, 4.69) is 35.3 Å². The lowest BCUT2D eigenvalue weighted by Gasteiger charge is -2.37. The van der Waals surface area contributed by atoms with Gasteiger partial charge in [0.25, 0.3) is 0 Å². The highest BCUT2D eigenvalue weighted by molar-refractivity contribution is 5.57. The fourth-order valence-corrected chi connectivity index (χ4v) is 2.66. The van der Waals surface area contributed by atoms with Crippen LogP contribution in [0.4, 0.5) is 5.69 Å². The van der Waals surface area contributed by atoms with Gasteiger partial charge in [-0.2, -0.15) is 0 Å². The molecule has 0 saturated carbocycles. The van der Waals surface area contributed by atoms with E-state index in [1.807, 2.05) is 6.07 Å². The molecule has 2 atom stereocenters. The van der Waals surface area contributed by atoms with Crippen LogP contribution in [0.3, 0.4) is 0 Å². The maximum atomic E-state index is 9.64. The molecular weight excluding hydrogens is 240 g/mol. The fourth-order valence-electron chi connectivity index (χ4n) is 2.66. The Bertz CT molecular complexity index is 397. The fraction of sp³-hybridized carbons (Fsp3) is 0.600. The molecule has 0 fully saturated rings. The number of anilines is 1. The lowest BCUT2D eigenvalue weighted by Crippen LogP contribution is -2.41. The molecule has 1 aromatic carbocycles. The molecule has 1 aliphatic rings. The van der Waals surface area contributed by atoms with Crippen molar-refractivity contribution in [2.24, 2.45) is 0 Å². The van der Waals surface area contributed by atoms with E-state index in [4.69, 9.17) is 5.11 Å². The molecule has 0 saturated heterocycles. The number of hydrogen-bond acceptors (Lipinski definition) is 4. The number of benzene rings is 1. The number of nitrogens with one attached hydrogen (secondary N) is 1. The Morgan fingerprint density at radius 3 is 2.95 bits per heavy atom. The van der Waals surface area contributed by atoms with E-state index in [1.54, 1.807) is 0 Å². The Morgan fingerprint density at radius 1 is 1.42 bits per heavy atom. The van der Waals surface area contributed by atoms with Crippen LogP contribution in [0.25, 0.3) is 0 Å². The summed E-state index contributed by atoms with van der Waals surface area (Å²) in [7, 11) is 0. The minimum absolute atomic E-state index is 0.184. The monoisotopic (exact) mass is 264 g/mol. The highest BCUT2D eigenvalue weighted by atomic mass is 16.3. The van der Waals surface area contributed by atoms with Gasteiger partial charge in [-0.15, -0.1) is 0 Å². The van der Waals surface area contributed by atoms with Crippen molar-refractivity contribution in [2.75, 3.05) is 31.1 Å². The largest absolute Gasteiger partial charge is 0.394 e. The van der Waals surface area contributed by atoms with E-state index < -0.39 is 6.10 Å². The maximum Gasteiger partial charge on any atom is 0.0945 e. The van der Waals surface area contributed by atoms with Crippen LogP contribution in [0.1, 0.15) is 31.4 Å². The molecule has 2 rings (SSSR count). The smallest absolute Gasteiger partial charge is 0.0945 e. The Morgan fingerprint density at radius 2 is 2.21 bits per heavy atom. The molecule has 0 amide bonds. The number of nitrogens with zero attached hydrogens (tertiary/aromatic N) is 1. The summed E-state index contributed by atoms with van der Waals surface area (Å²) < 4.78 is 0. The zero-order valence-electron chi connectivity index (χ0n) is 11.5. The lowest BCUT2D eigenvalue weighted by molar-refractivity contribution is 0.0993. The highest BCUT2D eigenvalue weighted by Crippen LogP contribution is 2.33. The molecule has 19 heavy (non-hydrogen) atoms. The normalized spacial score (nSPS) is 20.2. The van der Waals surface area contributed by atoms with Crippen LogP contribution in [0.15, 0.2) is 24.3 Å². The molecule has 0 radical (unpaired) electrons. The molecule has 2 unspecified atom stereocenters. The predicted octanol–water partition coefficient (Wildman–Crippen LogP) is 1.29. The predicted molar refractivity (Wildman–Crippen MR) is 77.4 cm³/mol. The van der Waals surface area contributed by atoms with Crippen LogP contribution in [-0.4, -0.2) is 42.6 Å². The molecule has 1 aromatic rings. The lowest BCUT2D eigenvalue weighted by atomic mass is 9.96. The molecule has 4 heteroatoms. The minimum Gasteiger partial charge on any atom is -0.394 e. The van der Waals surface area contributed by atoms with E-state index in [0.29, 0.717) is 12.6 Å². The van der Waals surface area contributed by atoms with Crippen molar-refractivity contribution in [3.05, 3.63) is 29.8 Å². The molecule has 1 heterocycles. The Balaban J connectivity index is 2.14. The Labute approximate surface area is 115 Å². The third kappa shape index (κ3) is 3.47. The molecule has 3 N–H and O–H groups in total. The van der Waals surface area contributed by atoms with Gasteiger partial charge in [0.1, 0.15) is 0 Å². The second-order valence-electron chi connectivity index (χ2n) is 5.14. The number of fused-ring (bicyclic) bond motifs is 1. The first-order valence-corrected chi connectivity index (χ1v) is 7.12. The minimum atomic E-state index is -0.673.